The number of unbranched alkanes of at least 4 members (excludes halogenated alkanes) is 1. The molecule has 3 unspecified atom stereocenters. The maximum absolute atomic E-state index is 5.18. The monoisotopic (exact) mass is 283 g/mol. The molecule has 0 heterocycles. The summed E-state index contributed by atoms with van der Waals surface area (Å²) in [5.41, 5.74) is 0.473. The van der Waals surface area contributed by atoms with E-state index in [0.29, 0.717) is 5.41 Å². The van der Waals surface area contributed by atoms with Gasteiger partial charge in [0.25, 0.3) is 0 Å². The predicted octanol–water partition coefficient (Wildman–Crippen LogP) is 4.63. The molecule has 3 atom stereocenters. The molecule has 2 heteroatoms. The molecule has 0 aliphatic heterocycles. The van der Waals surface area contributed by atoms with E-state index in [4.69, 9.17) is 4.74 Å². The highest BCUT2D eigenvalue weighted by molar-refractivity contribution is 4.88. The van der Waals surface area contributed by atoms with Gasteiger partial charge in [-0.15, -0.1) is 0 Å². The van der Waals surface area contributed by atoms with Crippen molar-refractivity contribution in [2.45, 2.75) is 78.7 Å². The van der Waals surface area contributed by atoms with Gasteiger partial charge in [0, 0.05) is 19.8 Å². The van der Waals surface area contributed by atoms with E-state index in [0.717, 1.165) is 24.5 Å². The standard InChI is InChI=1S/C18H37NO/c1-6-12-19-17-11-10-16(18(2,3)4)14-15(17)9-7-8-13-20-5/h15-17,19H,6-14H2,1-5H3. The summed E-state index contributed by atoms with van der Waals surface area (Å²) in [5.74, 6) is 1.77. The van der Waals surface area contributed by atoms with E-state index >= 15 is 0 Å². The lowest BCUT2D eigenvalue weighted by Crippen LogP contribution is -2.43. The molecule has 1 saturated carbocycles. The average molecular weight is 283 g/mol. The van der Waals surface area contributed by atoms with Crippen LogP contribution in [0.5, 0.6) is 0 Å². The summed E-state index contributed by atoms with van der Waals surface area (Å²) in [4.78, 5) is 0. The smallest absolute Gasteiger partial charge is 0.0462 e. The molecule has 1 aliphatic rings. The third-order valence-electron chi connectivity index (χ3n) is 5.04. The lowest BCUT2D eigenvalue weighted by atomic mass is 9.66. The quantitative estimate of drug-likeness (QED) is 0.656. The summed E-state index contributed by atoms with van der Waals surface area (Å²) in [6.45, 7) is 11.6. The number of hydrogen-bond donors (Lipinski definition) is 1. The summed E-state index contributed by atoms with van der Waals surface area (Å²) in [6.07, 6.45) is 9.34. The SMILES string of the molecule is CCCNC1CCC(C(C)(C)C)CC1CCCCOC. The Hall–Kier alpha value is -0.0800. The fourth-order valence-corrected chi connectivity index (χ4v) is 3.62. The Labute approximate surface area is 127 Å². The van der Waals surface area contributed by atoms with Crippen LogP contribution in [0.3, 0.4) is 0 Å². The van der Waals surface area contributed by atoms with Crippen molar-refractivity contribution in [2.24, 2.45) is 17.3 Å². The molecule has 0 amide bonds. The van der Waals surface area contributed by atoms with Gasteiger partial charge in [0.2, 0.25) is 0 Å². The van der Waals surface area contributed by atoms with Crippen molar-refractivity contribution < 1.29 is 4.74 Å². The largest absolute Gasteiger partial charge is 0.385 e. The molecule has 0 aromatic carbocycles. The summed E-state index contributed by atoms with van der Waals surface area (Å²) in [6, 6.07) is 0.760. The van der Waals surface area contributed by atoms with E-state index in [9.17, 15) is 0 Å². The van der Waals surface area contributed by atoms with Crippen molar-refractivity contribution in [1.82, 2.24) is 5.32 Å². The van der Waals surface area contributed by atoms with Gasteiger partial charge in [0.05, 0.1) is 0 Å². The molecule has 0 bridgehead atoms. The Morgan fingerprint density at radius 2 is 1.90 bits per heavy atom. The zero-order valence-corrected chi connectivity index (χ0v) is 14.5. The lowest BCUT2D eigenvalue weighted by molar-refractivity contribution is 0.106. The molecular weight excluding hydrogens is 246 g/mol. The van der Waals surface area contributed by atoms with Crippen molar-refractivity contribution in [3.8, 4) is 0 Å². The van der Waals surface area contributed by atoms with E-state index in [1.165, 1.54) is 51.5 Å². The number of nitrogens with one attached hydrogen (secondary N) is 1. The summed E-state index contributed by atoms with van der Waals surface area (Å²) in [7, 11) is 1.81. The lowest BCUT2D eigenvalue weighted by Gasteiger charge is -2.42. The van der Waals surface area contributed by atoms with Gasteiger partial charge in [-0.05, 0) is 62.3 Å². The Kier molecular flexibility index (Phi) is 8.13. The number of hydrogen-bond acceptors (Lipinski definition) is 2. The van der Waals surface area contributed by atoms with Gasteiger partial charge >= 0.3 is 0 Å². The van der Waals surface area contributed by atoms with Gasteiger partial charge in [-0.1, -0.05) is 34.1 Å². The Morgan fingerprint density at radius 1 is 1.15 bits per heavy atom. The number of rotatable bonds is 8. The third kappa shape index (κ3) is 6.13. The van der Waals surface area contributed by atoms with Crippen LogP contribution in [-0.2, 0) is 4.74 Å². The molecule has 1 aliphatic carbocycles. The first-order chi connectivity index (χ1) is 9.49. The van der Waals surface area contributed by atoms with Crippen LogP contribution in [0.15, 0.2) is 0 Å². The van der Waals surface area contributed by atoms with Crippen LogP contribution in [0.25, 0.3) is 0 Å². The highest BCUT2D eigenvalue weighted by atomic mass is 16.5. The van der Waals surface area contributed by atoms with E-state index in [2.05, 4.69) is 33.0 Å². The van der Waals surface area contributed by atoms with E-state index in [1.54, 1.807) is 0 Å². The Bertz CT molecular complexity index is 246. The third-order valence-corrected chi connectivity index (χ3v) is 5.04. The topological polar surface area (TPSA) is 21.3 Å². The zero-order chi connectivity index (χ0) is 15.0. The maximum atomic E-state index is 5.18. The number of ether oxygens (including phenoxy) is 1. The fourth-order valence-electron chi connectivity index (χ4n) is 3.62. The van der Waals surface area contributed by atoms with Crippen molar-refractivity contribution in [3.63, 3.8) is 0 Å². The van der Waals surface area contributed by atoms with Crippen LogP contribution in [0.1, 0.15) is 72.6 Å². The molecule has 1 N–H and O–H groups in total. The van der Waals surface area contributed by atoms with Crippen LogP contribution in [0.4, 0.5) is 0 Å². The second-order valence-corrected chi connectivity index (χ2v) is 7.69. The predicted molar refractivity (Wildman–Crippen MR) is 88.1 cm³/mol. The minimum Gasteiger partial charge on any atom is -0.385 e. The molecule has 0 saturated heterocycles. The first-order valence-electron chi connectivity index (χ1n) is 8.71. The molecule has 0 aromatic rings. The highest BCUT2D eigenvalue weighted by Gasteiger charge is 2.35. The fraction of sp³-hybridized carbons (Fsp3) is 1.00. The van der Waals surface area contributed by atoms with E-state index < -0.39 is 0 Å². The Morgan fingerprint density at radius 3 is 2.50 bits per heavy atom. The summed E-state index contributed by atoms with van der Waals surface area (Å²) < 4.78 is 5.18. The van der Waals surface area contributed by atoms with Gasteiger partial charge in [0.15, 0.2) is 0 Å². The second-order valence-electron chi connectivity index (χ2n) is 7.69. The molecule has 0 aromatic heterocycles. The molecule has 120 valence electrons. The molecule has 1 fully saturated rings. The summed E-state index contributed by atoms with van der Waals surface area (Å²) in [5, 5.41) is 3.80. The second kappa shape index (κ2) is 9.04. The first-order valence-corrected chi connectivity index (χ1v) is 8.71. The van der Waals surface area contributed by atoms with Crippen molar-refractivity contribution in [3.05, 3.63) is 0 Å². The Balaban J connectivity index is 2.49. The number of methoxy groups -OCH3 is 1. The van der Waals surface area contributed by atoms with Crippen LogP contribution >= 0.6 is 0 Å². The molecule has 2 nitrogen and oxygen atoms in total. The van der Waals surface area contributed by atoms with Gasteiger partial charge in [-0.3, -0.25) is 0 Å². The molecule has 0 spiro atoms. The van der Waals surface area contributed by atoms with Gasteiger partial charge in [0.1, 0.15) is 0 Å². The molecular formula is C18H37NO. The maximum Gasteiger partial charge on any atom is 0.0462 e. The van der Waals surface area contributed by atoms with Crippen molar-refractivity contribution in [2.75, 3.05) is 20.3 Å². The average Bonchev–Trinajstić information content (AvgIpc) is 2.41. The van der Waals surface area contributed by atoms with Crippen molar-refractivity contribution >= 4 is 0 Å². The minimum atomic E-state index is 0.473. The van der Waals surface area contributed by atoms with Crippen LogP contribution < -0.4 is 5.32 Å². The first kappa shape index (κ1) is 18.0. The molecule has 1 rings (SSSR count). The molecule has 20 heavy (non-hydrogen) atoms. The molecule has 0 radical (unpaired) electrons. The minimum absolute atomic E-state index is 0.473. The van der Waals surface area contributed by atoms with E-state index in [1.807, 2.05) is 7.11 Å². The van der Waals surface area contributed by atoms with Gasteiger partial charge in [-0.2, -0.15) is 0 Å². The van der Waals surface area contributed by atoms with Crippen LogP contribution in [-0.4, -0.2) is 26.3 Å². The van der Waals surface area contributed by atoms with Gasteiger partial charge < -0.3 is 10.1 Å². The zero-order valence-electron chi connectivity index (χ0n) is 14.5. The van der Waals surface area contributed by atoms with Crippen LogP contribution in [0.2, 0.25) is 0 Å². The van der Waals surface area contributed by atoms with Gasteiger partial charge in [-0.25, -0.2) is 0 Å². The summed E-state index contributed by atoms with van der Waals surface area (Å²) >= 11 is 0. The van der Waals surface area contributed by atoms with E-state index in [-0.39, 0.29) is 0 Å². The normalized spacial score (nSPS) is 27.8. The van der Waals surface area contributed by atoms with Crippen molar-refractivity contribution in [1.29, 1.82) is 0 Å². The van der Waals surface area contributed by atoms with Crippen LogP contribution in [0, 0.1) is 17.3 Å². The highest BCUT2D eigenvalue weighted by Crippen LogP contribution is 2.41.